The van der Waals surface area contributed by atoms with Gasteiger partial charge in [0.15, 0.2) is 0 Å². The smallest absolute Gasteiger partial charge is 0.133 e. The zero-order chi connectivity index (χ0) is 9.80. The van der Waals surface area contributed by atoms with Gasteiger partial charge in [0.25, 0.3) is 0 Å². The van der Waals surface area contributed by atoms with Crippen molar-refractivity contribution < 1.29 is 5.21 Å². The van der Waals surface area contributed by atoms with Gasteiger partial charge < -0.3 is 10.2 Å². The molecular formula is C11H10N2O. The van der Waals surface area contributed by atoms with Gasteiger partial charge in [-0.1, -0.05) is 35.5 Å². The first-order valence-electron chi connectivity index (χ1n) is 4.33. The highest BCUT2D eigenvalue weighted by Gasteiger charge is 2.06. The van der Waals surface area contributed by atoms with E-state index in [1.807, 2.05) is 42.5 Å². The minimum Gasteiger partial charge on any atom is -0.410 e. The van der Waals surface area contributed by atoms with E-state index in [-0.39, 0.29) is 0 Å². The second-order valence-electron chi connectivity index (χ2n) is 2.90. The molecule has 0 bridgehead atoms. The Balaban J connectivity index is 2.43. The van der Waals surface area contributed by atoms with Gasteiger partial charge >= 0.3 is 0 Å². The molecule has 0 unspecified atom stereocenters. The topological polar surface area (TPSA) is 48.4 Å². The summed E-state index contributed by atoms with van der Waals surface area (Å²) in [5.41, 5.74) is 2.24. The Morgan fingerprint density at radius 1 is 1.07 bits per heavy atom. The van der Waals surface area contributed by atoms with E-state index in [1.54, 1.807) is 6.20 Å². The molecule has 1 aromatic carbocycles. The van der Waals surface area contributed by atoms with Crippen LogP contribution in [-0.4, -0.2) is 15.9 Å². The highest BCUT2D eigenvalue weighted by molar-refractivity contribution is 6.11. The van der Waals surface area contributed by atoms with Crippen molar-refractivity contribution in [2.75, 3.05) is 0 Å². The number of hydrogen-bond acceptors (Lipinski definition) is 2. The Hall–Kier alpha value is -2.03. The summed E-state index contributed by atoms with van der Waals surface area (Å²) in [5.74, 6) is 0. The van der Waals surface area contributed by atoms with Gasteiger partial charge in [0.2, 0.25) is 0 Å². The Bertz CT molecular complexity index is 418. The second-order valence-corrected chi connectivity index (χ2v) is 2.90. The van der Waals surface area contributed by atoms with Gasteiger partial charge in [-0.15, -0.1) is 0 Å². The maximum atomic E-state index is 8.92. The van der Waals surface area contributed by atoms with E-state index in [9.17, 15) is 0 Å². The summed E-state index contributed by atoms with van der Waals surface area (Å²) in [5, 5.41) is 12.2. The van der Waals surface area contributed by atoms with Crippen molar-refractivity contribution in [1.82, 2.24) is 4.98 Å². The fraction of sp³-hybridized carbons (Fsp3) is 0. The molecule has 2 N–H and O–H groups in total. The van der Waals surface area contributed by atoms with E-state index >= 15 is 0 Å². The normalized spacial score (nSPS) is 11.6. The van der Waals surface area contributed by atoms with Crippen LogP contribution in [0, 0.1) is 0 Å². The minimum atomic E-state index is 0.551. The Labute approximate surface area is 81.7 Å². The summed E-state index contributed by atoms with van der Waals surface area (Å²) in [6, 6.07) is 13.3. The molecule has 1 heterocycles. The van der Waals surface area contributed by atoms with E-state index in [1.165, 1.54) is 0 Å². The first-order chi connectivity index (χ1) is 6.92. The SMILES string of the molecule is O/N=C(\c1ccccc1)c1ccc[nH]1. The third-order valence-electron chi connectivity index (χ3n) is 2.00. The van der Waals surface area contributed by atoms with Gasteiger partial charge in [0.05, 0.1) is 5.69 Å². The summed E-state index contributed by atoms with van der Waals surface area (Å²) in [4.78, 5) is 3.00. The molecule has 0 spiro atoms. The molecular weight excluding hydrogens is 176 g/mol. The van der Waals surface area contributed by atoms with Gasteiger partial charge in [-0.3, -0.25) is 0 Å². The van der Waals surface area contributed by atoms with E-state index in [0.717, 1.165) is 11.3 Å². The molecule has 0 radical (unpaired) electrons. The predicted molar refractivity (Wildman–Crippen MR) is 54.7 cm³/mol. The van der Waals surface area contributed by atoms with Crippen molar-refractivity contribution in [2.24, 2.45) is 5.16 Å². The lowest BCUT2D eigenvalue weighted by Gasteiger charge is -2.01. The predicted octanol–water partition coefficient (Wildman–Crippen LogP) is 2.24. The van der Waals surface area contributed by atoms with Crippen LogP contribution in [0.15, 0.2) is 53.8 Å². The van der Waals surface area contributed by atoms with Crippen LogP contribution < -0.4 is 0 Å². The van der Waals surface area contributed by atoms with Crippen molar-refractivity contribution in [3.8, 4) is 0 Å². The van der Waals surface area contributed by atoms with Crippen molar-refractivity contribution >= 4 is 5.71 Å². The van der Waals surface area contributed by atoms with Gasteiger partial charge in [-0.05, 0) is 12.1 Å². The van der Waals surface area contributed by atoms with Gasteiger partial charge in [-0.2, -0.15) is 0 Å². The van der Waals surface area contributed by atoms with Crippen LogP contribution in [0.4, 0.5) is 0 Å². The van der Waals surface area contributed by atoms with Gasteiger partial charge in [-0.25, -0.2) is 0 Å². The molecule has 2 rings (SSSR count). The molecule has 3 heteroatoms. The molecule has 0 aliphatic carbocycles. The van der Waals surface area contributed by atoms with Gasteiger partial charge in [0.1, 0.15) is 5.71 Å². The Kier molecular flexibility index (Phi) is 2.32. The number of aromatic nitrogens is 1. The molecule has 0 aliphatic heterocycles. The van der Waals surface area contributed by atoms with Crippen molar-refractivity contribution in [3.63, 3.8) is 0 Å². The molecule has 0 atom stereocenters. The minimum absolute atomic E-state index is 0.551. The number of benzene rings is 1. The lowest BCUT2D eigenvalue weighted by Crippen LogP contribution is -2.03. The lowest BCUT2D eigenvalue weighted by atomic mass is 10.1. The third kappa shape index (κ3) is 1.52. The summed E-state index contributed by atoms with van der Waals surface area (Å²) in [7, 11) is 0. The van der Waals surface area contributed by atoms with Crippen LogP contribution in [0.1, 0.15) is 11.3 Å². The Morgan fingerprint density at radius 3 is 2.43 bits per heavy atom. The molecule has 0 saturated carbocycles. The maximum absolute atomic E-state index is 8.92. The molecule has 1 aromatic heterocycles. The second kappa shape index (κ2) is 3.79. The van der Waals surface area contributed by atoms with E-state index in [0.29, 0.717) is 5.71 Å². The number of aromatic amines is 1. The van der Waals surface area contributed by atoms with Gasteiger partial charge in [0, 0.05) is 11.8 Å². The molecule has 0 saturated heterocycles. The standard InChI is InChI=1S/C11H10N2O/c14-13-11(10-7-4-8-12-10)9-5-2-1-3-6-9/h1-8,12,14H/b13-11+. The van der Waals surface area contributed by atoms with E-state index < -0.39 is 0 Å². The zero-order valence-corrected chi connectivity index (χ0v) is 7.51. The quantitative estimate of drug-likeness (QED) is 0.422. The van der Waals surface area contributed by atoms with Crippen LogP contribution in [0.3, 0.4) is 0 Å². The van der Waals surface area contributed by atoms with E-state index in [2.05, 4.69) is 10.1 Å². The fourth-order valence-electron chi connectivity index (χ4n) is 1.34. The average Bonchev–Trinajstić information content (AvgIpc) is 2.74. The molecule has 70 valence electrons. The fourth-order valence-corrected chi connectivity index (χ4v) is 1.34. The summed E-state index contributed by atoms with van der Waals surface area (Å²) in [6.07, 6.45) is 1.80. The highest BCUT2D eigenvalue weighted by atomic mass is 16.4. The lowest BCUT2D eigenvalue weighted by molar-refractivity contribution is 0.319. The number of nitrogens with one attached hydrogen (secondary N) is 1. The number of rotatable bonds is 2. The third-order valence-corrected chi connectivity index (χ3v) is 2.00. The molecule has 0 amide bonds. The number of H-pyrrole nitrogens is 1. The van der Waals surface area contributed by atoms with Crippen LogP contribution in [-0.2, 0) is 0 Å². The van der Waals surface area contributed by atoms with Crippen molar-refractivity contribution in [1.29, 1.82) is 0 Å². The Morgan fingerprint density at radius 2 is 1.86 bits per heavy atom. The monoisotopic (exact) mass is 186 g/mol. The highest BCUT2D eigenvalue weighted by Crippen LogP contribution is 2.08. The molecule has 2 aromatic rings. The van der Waals surface area contributed by atoms with Crippen molar-refractivity contribution in [3.05, 3.63) is 59.9 Å². The van der Waals surface area contributed by atoms with Crippen LogP contribution in [0.25, 0.3) is 0 Å². The van der Waals surface area contributed by atoms with Crippen molar-refractivity contribution in [2.45, 2.75) is 0 Å². The van der Waals surface area contributed by atoms with E-state index in [4.69, 9.17) is 5.21 Å². The first kappa shape index (κ1) is 8.56. The molecule has 14 heavy (non-hydrogen) atoms. The maximum Gasteiger partial charge on any atom is 0.133 e. The summed E-state index contributed by atoms with van der Waals surface area (Å²) < 4.78 is 0. The van der Waals surface area contributed by atoms with Crippen LogP contribution in [0.2, 0.25) is 0 Å². The van der Waals surface area contributed by atoms with Crippen LogP contribution in [0.5, 0.6) is 0 Å². The number of nitrogens with zero attached hydrogens (tertiary/aromatic N) is 1. The molecule has 0 aliphatic rings. The molecule has 0 fully saturated rings. The zero-order valence-electron chi connectivity index (χ0n) is 7.51. The molecule has 3 nitrogen and oxygen atoms in total. The number of oxime groups is 1. The number of hydrogen-bond donors (Lipinski definition) is 2. The average molecular weight is 186 g/mol. The summed E-state index contributed by atoms with van der Waals surface area (Å²) in [6.45, 7) is 0. The summed E-state index contributed by atoms with van der Waals surface area (Å²) >= 11 is 0. The first-order valence-corrected chi connectivity index (χ1v) is 4.33. The largest absolute Gasteiger partial charge is 0.410 e. The van der Waals surface area contributed by atoms with Crippen LogP contribution >= 0.6 is 0 Å².